The fourth-order valence-corrected chi connectivity index (χ4v) is 2.57. The molecule has 0 amide bonds. The third-order valence-corrected chi connectivity index (χ3v) is 4.17. The van der Waals surface area contributed by atoms with Crippen LogP contribution in [0.15, 0.2) is 11.4 Å². The second-order valence-corrected chi connectivity index (χ2v) is 5.45. The van der Waals surface area contributed by atoms with Crippen LogP contribution in [0.1, 0.15) is 24.8 Å². The zero-order valence-corrected chi connectivity index (χ0v) is 11.2. The average molecular weight is 263 g/mol. The molecule has 1 aromatic rings. The summed E-state index contributed by atoms with van der Waals surface area (Å²) in [5, 5.41) is 15.1. The minimum atomic E-state index is 0.112. The maximum atomic E-state index is 9.08. The third kappa shape index (κ3) is 3.71. The first-order valence-electron chi connectivity index (χ1n) is 5.39. The lowest BCUT2D eigenvalue weighted by Crippen LogP contribution is -2.39. The van der Waals surface area contributed by atoms with Gasteiger partial charge in [0, 0.05) is 29.5 Å². The summed E-state index contributed by atoms with van der Waals surface area (Å²) in [5.74, 6) is 0.212. The molecular formula is C11H19ClN2OS. The Morgan fingerprint density at radius 1 is 1.56 bits per heavy atom. The number of thiophene rings is 1. The molecule has 0 bridgehead atoms. The van der Waals surface area contributed by atoms with Gasteiger partial charge < -0.3 is 16.2 Å². The van der Waals surface area contributed by atoms with E-state index in [2.05, 4.69) is 12.2 Å². The first kappa shape index (κ1) is 13.9. The van der Waals surface area contributed by atoms with Gasteiger partial charge in [0.2, 0.25) is 0 Å². The number of nitrogens with one attached hydrogen (secondary N) is 1. The highest BCUT2D eigenvalue weighted by Gasteiger charge is 2.18. The molecule has 0 aliphatic carbocycles. The van der Waals surface area contributed by atoms with Gasteiger partial charge in [0.1, 0.15) is 0 Å². The van der Waals surface area contributed by atoms with Gasteiger partial charge in [0.05, 0.1) is 11.1 Å². The minimum Gasteiger partial charge on any atom is -0.396 e. The number of hydrogen-bond donors (Lipinski definition) is 3. The Hall–Kier alpha value is -0.130. The number of aliphatic hydroxyl groups is 1. The van der Waals surface area contributed by atoms with Gasteiger partial charge in [0.15, 0.2) is 0 Å². The topological polar surface area (TPSA) is 58.3 Å². The quantitative estimate of drug-likeness (QED) is 0.735. The first-order valence-corrected chi connectivity index (χ1v) is 6.65. The molecular weight excluding hydrogens is 244 g/mol. The summed E-state index contributed by atoms with van der Waals surface area (Å²) in [6, 6.07) is 2.27. The predicted octanol–water partition coefficient (Wildman–Crippen LogP) is 2.01. The summed E-state index contributed by atoms with van der Waals surface area (Å²) in [6.45, 7) is 4.77. The second kappa shape index (κ2) is 6.57. The molecule has 0 saturated carbocycles. The van der Waals surface area contributed by atoms with Crippen molar-refractivity contribution in [3.63, 3.8) is 0 Å². The molecule has 0 aliphatic rings. The summed E-state index contributed by atoms with van der Waals surface area (Å²) >= 11 is 7.50. The van der Waals surface area contributed by atoms with Crippen LogP contribution in [0.2, 0.25) is 5.02 Å². The van der Waals surface area contributed by atoms with Crippen molar-refractivity contribution in [2.45, 2.75) is 25.9 Å². The maximum absolute atomic E-state index is 9.08. The van der Waals surface area contributed by atoms with Crippen molar-refractivity contribution in [3.8, 4) is 0 Å². The fourth-order valence-electron chi connectivity index (χ4n) is 1.42. The van der Waals surface area contributed by atoms with E-state index in [1.807, 2.05) is 18.4 Å². The summed E-state index contributed by atoms with van der Waals surface area (Å²) in [6.07, 6.45) is 0. The van der Waals surface area contributed by atoms with Gasteiger partial charge in [-0.2, -0.15) is 0 Å². The van der Waals surface area contributed by atoms with Gasteiger partial charge in [-0.25, -0.2) is 0 Å². The molecule has 3 atom stereocenters. The lowest BCUT2D eigenvalue weighted by molar-refractivity contribution is 0.201. The molecule has 3 nitrogen and oxygen atoms in total. The molecule has 92 valence electrons. The molecule has 0 radical (unpaired) electrons. The lowest BCUT2D eigenvalue weighted by Gasteiger charge is -2.25. The van der Waals surface area contributed by atoms with E-state index in [-0.39, 0.29) is 24.6 Å². The molecule has 0 aromatic carbocycles. The largest absolute Gasteiger partial charge is 0.396 e. The first-order chi connectivity index (χ1) is 7.58. The smallest absolute Gasteiger partial charge is 0.0541 e. The SMILES string of the molecule is CC(CO)C(C)NC(CN)c1cc(Cl)cs1. The van der Waals surface area contributed by atoms with Crippen LogP contribution in [0.3, 0.4) is 0 Å². The Bertz CT molecular complexity index is 319. The van der Waals surface area contributed by atoms with Crippen LogP contribution in [0, 0.1) is 5.92 Å². The molecule has 1 aromatic heterocycles. The highest BCUT2D eigenvalue weighted by molar-refractivity contribution is 7.10. The van der Waals surface area contributed by atoms with E-state index >= 15 is 0 Å². The van der Waals surface area contributed by atoms with Gasteiger partial charge in [-0.3, -0.25) is 0 Å². The van der Waals surface area contributed by atoms with E-state index in [0.717, 1.165) is 9.90 Å². The summed E-state index contributed by atoms with van der Waals surface area (Å²) in [5.41, 5.74) is 5.74. The van der Waals surface area contributed by atoms with Gasteiger partial charge in [0.25, 0.3) is 0 Å². The molecule has 0 aliphatic heterocycles. The Kier molecular flexibility index (Phi) is 5.72. The van der Waals surface area contributed by atoms with E-state index in [0.29, 0.717) is 6.54 Å². The monoisotopic (exact) mass is 262 g/mol. The molecule has 16 heavy (non-hydrogen) atoms. The van der Waals surface area contributed by atoms with E-state index < -0.39 is 0 Å². The van der Waals surface area contributed by atoms with Crippen LogP contribution in [0.25, 0.3) is 0 Å². The average Bonchev–Trinajstić information content (AvgIpc) is 2.71. The van der Waals surface area contributed by atoms with E-state index in [4.69, 9.17) is 22.4 Å². The molecule has 1 rings (SSSR count). The van der Waals surface area contributed by atoms with Crippen molar-refractivity contribution in [2.24, 2.45) is 11.7 Å². The van der Waals surface area contributed by atoms with Crippen LogP contribution < -0.4 is 11.1 Å². The Labute approximate surface area is 106 Å². The van der Waals surface area contributed by atoms with Crippen LogP contribution >= 0.6 is 22.9 Å². The Balaban J connectivity index is 2.62. The number of aliphatic hydroxyl groups excluding tert-OH is 1. The highest BCUT2D eigenvalue weighted by atomic mass is 35.5. The van der Waals surface area contributed by atoms with E-state index in [1.54, 1.807) is 11.3 Å². The molecule has 0 spiro atoms. The normalized spacial score (nSPS) is 17.1. The van der Waals surface area contributed by atoms with Gasteiger partial charge in [-0.15, -0.1) is 11.3 Å². The van der Waals surface area contributed by atoms with Crippen molar-refractivity contribution in [2.75, 3.05) is 13.2 Å². The summed E-state index contributed by atoms with van der Waals surface area (Å²) in [4.78, 5) is 1.14. The number of hydrogen-bond acceptors (Lipinski definition) is 4. The van der Waals surface area contributed by atoms with Gasteiger partial charge in [-0.1, -0.05) is 18.5 Å². The molecule has 3 unspecified atom stereocenters. The maximum Gasteiger partial charge on any atom is 0.0541 e. The van der Waals surface area contributed by atoms with Crippen LogP contribution in [-0.2, 0) is 0 Å². The molecule has 0 fully saturated rings. The highest BCUT2D eigenvalue weighted by Crippen LogP contribution is 2.25. The van der Waals surface area contributed by atoms with E-state index in [9.17, 15) is 0 Å². The van der Waals surface area contributed by atoms with E-state index in [1.165, 1.54) is 0 Å². The second-order valence-electron chi connectivity index (χ2n) is 4.07. The molecule has 5 heteroatoms. The number of nitrogens with two attached hydrogens (primary N) is 1. The predicted molar refractivity (Wildman–Crippen MR) is 70.0 cm³/mol. The van der Waals surface area contributed by atoms with Crippen molar-refractivity contribution in [1.29, 1.82) is 0 Å². The fraction of sp³-hybridized carbons (Fsp3) is 0.636. The Morgan fingerprint density at radius 2 is 2.25 bits per heavy atom. The molecule has 1 heterocycles. The zero-order valence-electron chi connectivity index (χ0n) is 9.61. The van der Waals surface area contributed by atoms with Crippen molar-refractivity contribution >= 4 is 22.9 Å². The summed E-state index contributed by atoms with van der Waals surface area (Å²) in [7, 11) is 0. The van der Waals surface area contributed by atoms with Crippen molar-refractivity contribution < 1.29 is 5.11 Å². The minimum absolute atomic E-state index is 0.112. The zero-order chi connectivity index (χ0) is 12.1. The van der Waals surface area contributed by atoms with Gasteiger partial charge >= 0.3 is 0 Å². The van der Waals surface area contributed by atoms with Crippen LogP contribution in [-0.4, -0.2) is 24.3 Å². The number of halogens is 1. The summed E-state index contributed by atoms with van der Waals surface area (Å²) < 4.78 is 0. The molecule has 0 saturated heterocycles. The third-order valence-electron chi connectivity index (χ3n) is 2.77. The standard InChI is InChI=1S/C11H19ClN2OS/c1-7(5-15)8(2)14-10(4-13)11-3-9(12)6-16-11/h3,6-8,10,14-15H,4-5,13H2,1-2H3. The van der Waals surface area contributed by atoms with Crippen LogP contribution in [0.5, 0.6) is 0 Å². The number of rotatable bonds is 6. The van der Waals surface area contributed by atoms with Crippen molar-refractivity contribution in [3.05, 3.63) is 21.3 Å². The van der Waals surface area contributed by atoms with Crippen molar-refractivity contribution in [1.82, 2.24) is 5.32 Å². The molecule has 4 N–H and O–H groups in total. The van der Waals surface area contributed by atoms with Gasteiger partial charge in [-0.05, 0) is 18.9 Å². The Morgan fingerprint density at radius 3 is 2.69 bits per heavy atom. The lowest BCUT2D eigenvalue weighted by atomic mass is 10.0. The van der Waals surface area contributed by atoms with Crippen LogP contribution in [0.4, 0.5) is 0 Å².